The Bertz CT molecular complexity index is 194. The molecule has 0 atom stereocenters. The summed E-state index contributed by atoms with van der Waals surface area (Å²) >= 11 is 0. The van der Waals surface area contributed by atoms with E-state index in [1.807, 2.05) is 0 Å². The number of Topliss-reactive ketones (excluding diaryl/α,β-unsaturated/α-hetero) is 1. The Morgan fingerprint density at radius 2 is 1.53 bits per heavy atom. The molecule has 0 heterocycles. The number of hydrogen-bond acceptors (Lipinski definition) is 2. The van der Waals surface area contributed by atoms with E-state index < -0.39 is 0 Å². The van der Waals surface area contributed by atoms with E-state index in [9.17, 15) is 4.79 Å². The lowest BCUT2D eigenvalue weighted by Crippen LogP contribution is -2.18. The monoisotopic (exact) mass is 214 g/mol. The van der Waals surface area contributed by atoms with Crippen LogP contribution in [0.25, 0.3) is 0 Å². The molecule has 0 saturated heterocycles. The maximum Gasteiger partial charge on any atom is 0.135 e. The van der Waals surface area contributed by atoms with E-state index in [1.54, 1.807) is 0 Å². The molecule has 0 amide bonds. The normalized spacial score (nSPS) is 12.9. The minimum atomic E-state index is 0.0983. The summed E-state index contributed by atoms with van der Waals surface area (Å²) in [5, 5.41) is 0. The van der Waals surface area contributed by atoms with Crippen LogP contribution in [0, 0.1) is 10.8 Å². The smallest absolute Gasteiger partial charge is 0.135 e. The Morgan fingerprint density at radius 3 is 1.93 bits per heavy atom. The SMILES string of the molecule is CC(C)(C)COCCC(=O)CC(C)(C)C. The van der Waals surface area contributed by atoms with Crippen molar-refractivity contribution in [2.75, 3.05) is 13.2 Å². The maximum atomic E-state index is 11.5. The van der Waals surface area contributed by atoms with Gasteiger partial charge in [-0.15, -0.1) is 0 Å². The van der Waals surface area contributed by atoms with Crippen molar-refractivity contribution in [1.29, 1.82) is 0 Å². The van der Waals surface area contributed by atoms with Crippen LogP contribution in [0.3, 0.4) is 0 Å². The van der Waals surface area contributed by atoms with Crippen molar-refractivity contribution in [2.45, 2.75) is 54.4 Å². The highest BCUT2D eigenvalue weighted by atomic mass is 16.5. The highest BCUT2D eigenvalue weighted by Gasteiger charge is 2.16. The van der Waals surface area contributed by atoms with Gasteiger partial charge in [-0.25, -0.2) is 0 Å². The van der Waals surface area contributed by atoms with Gasteiger partial charge in [-0.05, 0) is 10.8 Å². The molecule has 0 bridgehead atoms. The van der Waals surface area contributed by atoms with Crippen molar-refractivity contribution in [3.63, 3.8) is 0 Å². The molecule has 2 nitrogen and oxygen atoms in total. The molecule has 0 aliphatic heterocycles. The van der Waals surface area contributed by atoms with Crippen molar-refractivity contribution < 1.29 is 9.53 Å². The summed E-state index contributed by atoms with van der Waals surface area (Å²) in [6, 6.07) is 0. The van der Waals surface area contributed by atoms with Crippen LogP contribution in [0.5, 0.6) is 0 Å². The third kappa shape index (κ3) is 11.6. The highest BCUT2D eigenvalue weighted by Crippen LogP contribution is 2.19. The van der Waals surface area contributed by atoms with Gasteiger partial charge in [0.25, 0.3) is 0 Å². The lowest BCUT2D eigenvalue weighted by molar-refractivity contribution is -0.122. The minimum absolute atomic E-state index is 0.0983. The van der Waals surface area contributed by atoms with E-state index >= 15 is 0 Å². The fourth-order valence-electron chi connectivity index (χ4n) is 1.24. The predicted octanol–water partition coefficient (Wildman–Crippen LogP) is 3.44. The average Bonchev–Trinajstić information content (AvgIpc) is 1.92. The lowest BCUT2D eigenvalue weighted by atomic mass is 9.89. The van der Waals surface area contributed by atoms with Crippen molar-refractivity contribution in [2.24, 2.45) is 10.8 Å². The molecular weight excluding hydrogens is 188 g/mol. The van der Waals surface area contributed by atoms with Gasteiger partial charge < -0.3 is 4.74 Å². The molecule has 0 aromatic rings. The molecule has 0 spiro atoms. The first-order chi connectivity index (χ1) is 6.60. The van der Waals surface area contributed by atoms with Crippen LogP contribution < -0.4 is 0 Å². The molecule has 15 heavy (non-hydrogen) atoms. The van der Waals surface area contributed by atoms with Crippen molar-refractivity contribution in [3.05, 3.63) is 0 Å². The molecule has 0 aliphatic carbocycles. The van der Waals surface area contributed by atoms with Crippen LogP contribution >= 0.6 is 0 Å². The van der Waals surface area contributed by atoms with E-state index in [-0.39, 0.29) is 10.8 Å². The predicted molar refractivity (Wildman–Crippen MR) is 64.0 cm³/mol. The number of hydrogen-bond donors (Lipinski definition) is 0. The molecule has 0 N–H and O–H groups in total. The van der Waals surface area contributed by atoms with E-state index in [4.69, 9.17) is 4.74 Å². The molecule has 0 fully saturated rings. The minimum Gasteiger partial charge on any atom is -0.380 e. The first-order valence-corrected chi connectivity index (χ1v) is 5.70. The van der Waals surface area contributed by atoms with Gasteiger partial charge in [0.1, 0.15) is 5.78 Å². The van der Waals surface area contributed by atoms with E-state index in [1.165, 1.54) is 0 Å². The summed E-state index contributed by atoms with van der Waals surface area (Å²) in [6.07, 6.45) is 1.19. The van der Waals surface area contributed by atoms with Crippen molar-refractivity contribution in [3.8, 4) is 0 Å². The van der Waals surface area contributed by atoms with E-state index in [0.29, 0.717) is 25.2 Å². The van der Waals surface area contributed by atoms with Gasteiger partial charge in [0.2, 0.25) is 0 Å². The Kier molecular flexibility index (Phi) is 5.50. The van der Waals surface area contributed by atoms with Crippen LogP contribution in [0.1, 0.15) is 54.4 Å². The fraction of sp³-hybridized carbons (Fsp3) is 0.923. The molecule has 90 valence electrons. The molecule has 0 radical (unpaired) electrons. The zero-order chi connectivity index (χ0) is 12.1. The highest BCUT2D eigenvalue weighted by molar-refractivity contribution is 5.79. The van der Waals surface area contributed by atoms with Crippen LogP contribution in [-0.4, -0.2) is 19.0 Å². The Labute approximate surface area is 94.4 Å². The van der Waals surface area contributed by atoms with Gasteiger partial charge in [-0.2, -0.15) is 0 Å². The van der Waals surface area contributed by atoms with Crippen LogP contribution in [0.2, 0.25) is 0 Å². The summed E-state index contributed by atoms with van der Waals surface area (Å²) in [5.74, 6) is 0.302. The van der Waals surface area contributed by atoms with E-state index in [0.717, 1.165) is 6.61 Å². The van der Waals surface area contributed by atoms with Gasteiger partial charge in [0.05, 0.1) is 13.2 Å². The summed E-state index contributed by atoms with van der Waals surface area (Å²) < 4.78 is 5.46. The largest absolute Gasteiger partial charge is 0.380 e. The topological polar surface area (TPSA) is 26.3 Å². The van der Waals surface area contributed by atoms with Crippen LogP contribution in [-0.2, 0) is 9.53 Å². The molecule has 0 rings (SSSR count). The van der Waals surface area contributed by atoms with Gasteiger partial charge in [-0.3, -0.25) is 4.79 Å². The Balaban J connectivity index is 3.57. The standard InChI is InChI=1S/C13H26O2/c1-12(2,3)9-11(14)7-8-15-10-13(4,5)6/h7-10H2,1-6H3. The maximum absolute atomic E-state index is 11.5. The zero-order valence-electron chi connectivity index (χ0n) is 11.1. The molecule has 0 aliphatic rings. The molecular formula is C13H26O2. The third-order valence-electron chi connectivity index (χ3n) is 1.79. The molecule has 0 aromatic heterocycles. The second kappa shape index (κ2) is 5.64. The number of carbonyl (C=O) groups excluding carboxylic acids is 1. The molecule has 2 heteroatoms. The number of rotatable bonds is 5. The second-order valence-electron chi connectivity index (χ2n) is 6.64. The van der Waals surface area contributed by atoms with Gasteiger partial charge in [0.15, 0.2) is 0 Å². The fourth-order valence-corrected chi connectivity index (χ4v) is 1.24. The van der Waals surface area contributed by atoms with Crippen molar-refractivity contribution >= 4 is 5.78 Å². The zero-order valence-corrected chi connectivity index (χ0v) is 11.1. The number of carbonyl (C=O) groups is 1. The Hall–Kier alpha value is -0.370. The van der Waals surface area contributed by atoms with Gasteiger partial charge >= 0.3 is 0 Å². The summed E-state index contributed by atoms with van der Waals surface area (Å²) in [4.78, 5) is 11.5. The summed E-state index contributed by atoms with van der Waals surface area (Å²) in [5.41, 5.74) is 0.286. The number of ketones is 1. The molecule has 0 saturated carbocycles. The third-order valence-corrected chi connectivity index (χ3v) is 1.79. The summed E-state index contributed by atoms with van der Waals surface area (Å²) in [6.45, 7) is 13.9. The van der Waals surface area contributed by atoms with E-state index in [2.05, 4.69) is 41.5 Å². The lowest BCUT2D eigenvalue weighted by Gasteiger charge is -2.19. The average molecular weight is 214 g/mol. The number of ether oxygens (including phenoxy) is 1. The second-order valence-corrected chi connectivity index (χ2v) is 6.64. The van der Waals surface area contributed by atoms with Gasteiger partial charge in [0, 0.05) is 12.8 Å². The van der Waals surface area contributed by atoms with Gasteiger partial charge in [-0.1, -0.05) is 41.5 Å². The Morgan fingerprint density at radius 1 is 1.00 bits per heavy atom. The first kappa shape index (κ1) is 14.6. The molecule has 0 unspecified atom stereocenters. The van der Waals surface area contributed by atoms with Crippen molar-refractivity contribution in [1.82, 2.24) is 0 Å². The first-order valence-electron chi connectivity index (χ1n) is 5.70. The quantitative estimate of drug-likeness (QED) is 0.655. The van der Waals surface area contributed by atoms with Crippen LogP contribution in [0.15, 0.2) is 0 Å². The summed E-state index contributed by atoms with van der Waals surface area (Å²) in [7, 11) is 0. The molecule has 0 aromatic carbocycles. The van der Waals surface area contributed by atoms with Crippen LogP contribution in [0.4, 0.5) is 0 Å².